The van der Waals surface area contributed by atoms with Crippen LogP contribution in [0.4, 0.5) is 0 Å². The Morgan fingerprint density at radius 3 is 1.88 bits per heavy atom. The lowest BCUT2D eigenvalue weighted by Gasteiger charge is -2.01. The SMILES string of the molecule is C[S+]([O-])c1ccccc1.O=S1(=O)CCCC1. The van der Waals surface area contributed by atoms with E-state index in [9.17, 15) is 13.0 Å². The third-order valence-corrected chi connectivity index (χ3v) is 4.99. The van der Waals surface area contributed by atoms with Crippen molar-refractivity contribution >= 4 is 21.0 Å². The van der Waals surface area contributed by atoms with E-state index in [1.807, 2.05) is 30.3 Å². The summed E-state index contributed by atoms with van der Waals surface area (Å²) < 4.78 is 31.6. The van der Waals surface area contributed by atoms with Crippen molar-refractivity contribution in [1.29, 1.82) is 0 Å². The van der Waals surface area contributed by atoms with Gasteiger partial charge in [0, 0.05) is 0 Å². The lowest BCUT2D eigenvalue weighted by Crippen LogP contribution is -1.98. The number of hydrogen-bond donors (Lipinski definition) is 0. The fourth-order valence-corrected chi connectivity index (χ4v) is 3.39. The molecule has 0 radical (unpaired) electrons. The van der Waals surface area contributed by atoms with Crippen molar-refractivity contribution in [2.75, 3.05) is 17.8 Å². The van der Waals surface area contributed by atoms with Gasteiger partial charge in [-0.3, -0.25) is 0 Å². The zero-order valence-electron chi connectivity index (χ0n) is 9.26. The van der Waals surface area contributed by atoms with Crippen LogP contribution in [0.15, 0.2) is 35.2 Å². The standard InChI is InChI=1S/C7H8OS.C4H8O2S/c1-9(8)7-5-3-2-4-6-7;5-7(6)3-1-2-4-7/h2-6H,1H3;1-4H2. The number of rotatable bonds is 1. The molecule has 90 valence electrons. The zero-order valence-corrected chi connectivity index (χ0v) is 10.9. The molecule has 1 aliphatic rings. The molecule has 0 N–H and O–H groups in total. The Morgan fingerprint density at radius 2 is 1.62 bits per heavy atom. The fourth-order valence-electron chi connectivity index (χ4n) is 1.36. The van der Waals surface area contributed by atoms with Gasteiger partial charge in [0.25, 0.3) is 0 Å². The summed E-state index contributed by atoms with van der Waals surface area (Å²) in [6.45, 7) is 0. The highest BCUT2D eigenvalue weighted by atomic mass is 32.2. The second-order valence-electron chi connectivity index (χ2n) is 3.63. The maximum atomic E-state index is 10.8. The summed E-state index contributed by atoms with van der Waals surface area (Å²) in [5, 5.41) is 0. The molecule has 0 bridgehead atoms. The average molecular weight is 260 g/mol. The first kappa shape index (κ1) is 13.5. The van der Waals surface area contributed by atoms with Crippen LogP contribution >= 0.6 is 0 Å². The van der Waals surface area contributed by atoms with E-state index in [4.69, 9.17) is 0 Å². The zero-order chi connectivity index (χ0) is 12.0. The Bertz CT molecular complexity index is 386. The first-order valence-corrected chi connectivity index (χ1v) is 8.48. The minimum Gasteiger partial charge on any atom is -0.612 e. The van der Waals surface area contributed by atoms with Crippen molar-refractivity contribution in [3.8, 4) is 0 Å². The molecular weight excluding hydrogens is 244 g/mol. The van der Waals surface area contributed by atoms with Crippen LogP contribution in [0.25, 0.3) is 0 Å². The van der Waals surface area contributed by atoms with E-state index in [0.717, 1.165) is 17.7 Å². The van der Waals surface area contributed by atoms with Crippen LogP contribution in [-0.2, 0) is 21.0 Å². The van der Waals surface area contributed by atoms with Gasteiger partial charge in [0.2, 0.25) is 0 Å². The highest BCUT2D eigenvalue weighted by Gasteiger charge is 2.16. The second-order valence-corrected chi connectivity index (χ2v) is 7.31. The van der Waals surface area contributed by atoms with Crippen LogP contribution in [0.3, 0.4) is 0 Å². The van der Waals surface area contributed by atoms with Crippen LogP contribution in [0.1, 0.15) is 12.8 Å². The largest absolute Gasteiger partial charge is 0.612 e. The summed E-state index contributed by atoms with van der Waals surface area (Å²) in [6, 6.07) is 9.40. The van der Waals surface area contributed by atoms with Gasteiger partial charge in [0.1, 0.15) is 16.1 Å². The molecule has 1 atom stereocenters. The predicted molar refractivity (Wildman–Crippen MR) is 66.7 cm³/mol. The van der Waals surface area contributed by atoms with E-state index in [-0.39, 0.29) is 0 Å². The molecule has 0 amide bonds. The van der Waals surface area contributed by atoms with Crippen molar-refractivity contribution in [3.63, 3.8) is 0 Å². The Kier molecular flexibility index (Phi) is 5.31. The lowest BCUT2D eigenvalue weighted by molar-refractivity contribution is 0.600. The third kappa shape index (κ3) is 5.01. The maximum absolute atomic E-state index is 10.8. The monoisotopic (exact) mass is 260 g/mol. The average Bonchev–Trinajstić information content (AvgIpc) is 2.65. The normalized spacial score (nSPS) is 19.6. The quantitative estimate of drug-likeness (QED) is 0.721. The molecule has 3 nitrogen and oxygen atoms in total. The van der Waals surface area contributed by atoms with Crippen molar-refractivity contribution in [2.24, 2.45) is 0 Å². The Morgan fingerprint density at radius 1 is 1.12 bits per heavy atom. The van der Waals surface area contributed by atoms with Crippen LogP contribution in [-0.4, -0.2) is 30.7 Å². The Hall–Kier alpha value is -0.520. The van der Waals surface area contributed by atoms with Gasteiger partial charge in [-0.15, -0.1) is 0 Å². The smallest absolute Gasteiger partial charge is 0.152 e. The van der Waals surface area contributed by atoms with Gasteiger partial charge in [-0.25, -0.2) is 8.42 Å². The van der Waals surface area contributed by atoms with E-state index < -0.39 is 21.0 Å². The summed E-state index contributed by atoms with van der Waals surface area (Å²) in [5.41, 5.74) is 0. The minimum absolute atomic E-state index is 0.424. The van der Waals surface area contributed by atoms with E-state index >= 15 is 0 Å². The first-order chi connectivity index (χ1) is 7.51. The summed E-state index contributed by atoms with van der Waals surface area (Å²) >= 11 is -0.829. The summed E-state index contributed by atoms with van der Waals surface area (Å²) in [6.07, 6.45) is 3.43. The van der Waals surface area contributed by atoms with E-state index in [0.29, 0.717) is 11.5 Å². The van der Waals surface area contributed by atoms with Gasteiger partial charge >= 0.3 is 0 Å². The predicted octanol–water partition coefficient (Wildman–Crippen LogP) is 1.62. The summed E-state index contributed by atoms with van der Waals surface area (Å²) in [4.78, 5) is 0.887. The van der Waals surface area contributed by atoms with Crippen molar-refractivity contribution in [1.82, 2.24) is 0 Å². The topological polar surface area (TPSA) is 57.2 Å². The molecule has 1 heterocycles. The minimum atomic E-state index is -2.55. The molecule has 1 aliphatic heterocycles. The Labute approximate surface area is 100.0 Å². The molecule has 0 saturated carbocycles. The molecule has 0 spiro atoms. The van der Waals surface area contributed by atoms with E-state index in [1.54, 1.807) is 6.26 Å². The van der Waals surface area contributed by atoms with E-state index in [1.165, 1.54) is 0 Å². The fraction of sp³-hybridized carbons (Fsp3) is 0.455. The number of hydrogen-bond acceptors (Lipinski definition) is 3. The summed E-state index contributed by atoms with van der Waals surface area (Å²) in [7, 11) is -2.55. The molecule has 1 aromatic rings. The van der Waals surface area contributed by atoms with Gasteiger partial charge in [0.05, 0.1) is 11.5 Å². The molecule has 0 aromatic heterocycles. The molecule has 1 unspecified atom stereocenters. The third-order valence-electron chi connectivity index (χ3n) is 2.24. The molecule has 1 saturated heterocycles. The number of sulfone groups is 1. The lowest BCUT2D eigenvalue weighted by atomic mass is 10.4. The first-order valence-electron chi connectivity index (χ1n) is 5.10. The van der Waals surface area contributed by atoms with Crippen LogP contribution < -0.4 is 0 Å². The molecule has 1 aromatic carbocycles. The van der Waals surface area contributed by atoms with Crippen LogP contribution in [0.5, 0.6) is 0 Å². The van der Waals surface area contributed by atoms with Crippen molar-refractivity contribution < 1.29 is 13.0 Å². The highest BCUT2D eigenvalue weighted by molar-refractivity contribution is 7.91. The summed E-state index contributed by atoms with van der Waals surface area (Å²) in [5.74, 6) is 0.847. The van der Waals surface area contributed by atoms with Gasteiger partial charge in [-0.1, -0.05) is 18.2 Å². The second kappa shape index (κ2) is 6.27. The molecular formula is C11H16O3S2. The highest BCUT2D eigenvalue weighted by Crippen LogP contribution is 2.08. The van der Waals surface area contributed by atoms with Gasteiger partial charge in [-0.2, -0.15) is 0 Å². The molecule has 16 heavy (non-hydrogen) atoms. The molecule has 0 aliphatic carbocycles. The van der Waals surface area contributed by atoms with Crippen molar-refractivity contribution in [3.05, 3.63) is 30.3 Å². The maximum Gasteiger partial charge on any atom is 0.152 e. The van der Waals surface area contributed by atoms with Crippen LogP contribution in [0, 0.1) is 0 Å². The van der Waals surface area contributed by atoms with Gasteiger partial charge in [-0.05, 0) is 36.2 Å². The van der Waals surface area contributed by atoms with Crippen LogP contribution in [0.2, 0.25) is 0 Å². The molecule has 2 rings (SSSR count). The van der Waals surface area contributed by atoms with Crippen molar-refractivity contribution in [2.45, 2.75) is 17.7 Å². The van der Waals surface area contributed by atoms with Gasteiger partial charge < -0.3 is 4.55 Å². The number of benzene rings is 1. The molecule has 1 fully saturated rings. The Balaban J connectivity index is 0.000000165. The van der Waals surface area contributed by atoms with E-state index in [2.05, 4.69) is 0 Å². The molecule has 5 heteroatoms. The van der Waals surface area contributed by atoms with Gasteiger partial charge in [0.15, 0.2) is 4.90 Å².